The summed E-state index contributed by atoms with van der Waals surface area (Å²) in [6.45, 7) is 5.78. The molecule has 1 heterocycles. The van der Waals surface area contributed by atoms with Crippen molar-refractivity contribution in [3.63, 3.8) is 0 Å². The first kappa shape index (κ1) is 16.2. The molecular weight excluding hydrogens is 288 g/mol. The van der Waals surface area contributed by atoms with Gasteiger partial charge in [-0.15, -0.1) is 0 Å². The molecule has 0 aliphatic rings. The Morgan fingerprint density at radius 3 is 2.42 bits per heavy atom. The number of nitrogens with zero attached hydrogens (tertiary/aromatic N) is 2. The van der Waals surface area contributed by atoms with Crippen LogP contribution in [0.2, 0.25) is 5.02 Å². The van der Waals surface area contributed by atoms with Crippen LogP contribution in [0.15, 0.2) is 17.2 Å². The van der Waals surface area contributed by atoms with Crippen LogP contribution in [0, 0.1) is 5.92 Å². The first-order chi connectivity index (χ1) is 8.71. The Bertz CT molecular complexity index is 548. The SMILES string of the molecule is CC(C)C(C)N(C)S(=O)(=O)c1cnc(NN)c(Cl)c1. The van der Waals surface area contributed by atoms with Gasteiger partial charge in [-0.25, -0.2) is 19.2 Å². The predicted octanol–water partition coefficient (Wildman–Crippen LogP) is 1.69. The second kappa shape index (κ2) is 6.04. The maximum atomic E-state index is 12.4. The maximum absolute atomic E-state index is 12.4. The Hall–Kier alpha value is -0.890. The molecule has 6 nitrogen and oxygen atoms in total. The minimum Gasteiger partial charge on any atom is -0.307 e. The van der Waals surface area contributed by atoms with Crippen LogP contribution in [-0.2, 0) is 10.0 Å². The van der Waals surface area contributed by atoms with E-state index in [1.165, 1.54) is 16.6 Å². The average molecular weight is 307 g/mol. The second-order valence-corrected chi connectivity index (χ2v) is 7.06. The van der Waals surface area contributed by atoms with Crippen LogP contribution in [-0.4, -0.2) is 30.8 Å². The lowest BCUT2D eigenvalue weighted by Crippen LogP contribution is -2.38. The molecule has 1 rings (SSSR count). The van der Waals surface area contributed by atoms with Crippen molar-refractivity contribution >= 4 is 27.4 Å². The Morgan fingerprint density at radius 2 is 2.00 bits per heavy atom. The van der Waals surface area contributed by atoms with Crippen LogP contribution >= 0.6 is 11.6 Å². The summed E-state index contributed by atoms with van der Waals surface area (Å²) in [6.07, 6.45) is 1.24. The monoisotopic (exact) mass is 306 g/mol. The predicted molar refractivity (Wildman–Crippen MR) is 76.3 cm³/mol. The Balaban J connectivity index is 3.17. The molecule has 19 heavy (non-hydrogen) atoms. The standard InChI is InChI=1S/C11H19ClN4O2S/c1-7(2)8(3)16(4)19(17,18)9-5-10(12)11(15-13)14-6-9/h5-8H,13H2,1-4H3,(H,14,15). The lowest BCUT2D eigenvalue weighted by Gasteiger charge is -2.27. The van der Waals surface area contributed by atoms with Crippen molar-refractivity contribution in [2.45, 2.75) is 31.7 Å². The molecule has 0 aliphatic heterocycles. The smallest absolute Gasteiger partial charge is 0.244 e. The molecule has 1 unspecified atom stereocenters. The minimum atomic E-state index is -3.61. The fourth-order valence-electron chi connectivity index (χ4n) is 1.47. The third-order valence-electron chi connectivity index (χ3n) is 3.17. The maximum Gasteiger partial charge on any atom is 0.244 e. The molecule has 1 atom stereocenters. The molecule has 0 bridgehead atoms. The van der Waals surface area contributed by atoms with Crippen molar-refractivity contribution in [2.75, 3.05) is 12.5 Å². The number of pyridine rings is 1. The summed E-state index contributed by atoms with van der Waals surface area (Å²) in [5.74, 6) is 5.64. The van der Waals surface area contributed by atoms with Crippen LogP contribution in [0.3, 0.4) is 0 Å². The van der Waals surface area contributed by atoms with Gasteiger partial charge in [-0.05, 0) is 18.9 Å². The number of hydrogen-bond acceptors (Lipinski definition) is 5. The van der Waals surface area contributed by atoms with Crippen LogP contribution < -0.4 is 11.3 Å². The van der Waals surface area contributed by atoms with E-state index in [-0.39, 0.29) is 27.7 Å². The van der Waals surface area contributed by atoms with Gasteiger partial charge in [-0.2, -0.15) is 4.31 Å². The van der Waals surface area contributed by atoms with Crippen LogP contribution in [0.25, 0.3) is 0 Å². The largest absolute Gasteiger partial charge is 0.307 e. The van der Waals surface area contributed by atoms with E-state index in [0.29, 0.717) is 0 Å². The Labute approximate surface area is 119 Å². The molecule has 3 N–H and O–H groups in total. The lowest BCUT2D eigenvalue weighted by molar-refractivity contribution is 0.315. The zero-order chi connectivity index (χ0) is 14.8. The zero-order valence-electron chi connectivity index (χ0n) is 11.4. The lowest BCUT2D eigenvalue weighted by atomic mass is 10.1. The van der Waals surface area contributed by atoms with E-state index in [1.807, 2.05) is 20.8 Å². The first-order valence-electron chi connectivity index (χ1n) is 5.82. The van der Waals surface area contributed by atoms with E-state index < -0.39 is 10.0 Å². The highest BCUT2D eigenvalue weighted by Gasteiger charge is 2.27. The van der Waals surface area contributed by atoms with Crippen molar-refractivity contribution in [1.82, 2.24) is 9.29 Å². The number of rotatable bonds is 5. The Kier molecular flexibility index (Phi) is 5.14. The molecule has 0 fully saturated rings. The van der Waals surface area contributed by atoms with E-state index in [9.17, 15) is 8.42 Å². The zero-order valence-corrected chi connectivity index (χ0v) is 13.0. The first-order valence-corrected chi connectivity index (χ1v) is 7.63. The van der Waals surface area contributed by atoms with Crippen molar-refractivity contribution in [1.29, 1.82) is 0 Å². The molecule has 0 saturated carbocycles. The molecule has 8 heteroatoms. The van der Waals surface area contributed by atoms with Crippen LogP contribution in [0.5, 0.6) is 0 Å². The van der Waals surface area contributed by atoms with Gasteiger partial charge < -0.3 is 5.43 Å². The number of hydrogen-bond donors (Lipinski definition) is 2. The van der Waals surface area contributed by atoms with Gasteiger partial charge in [0.2, 0.25) is 10.0 Å². The number of nitrogen functional groups attached to an aromatic ring is 1. The summed E-state index contributed by atoms with van der Waals surface area (Å²) in [5.41, 5.74) is 2.29. The molecular formula is C11H19ClN4O2S. The second-order valence-electron chi connectivity index (χ2n) is 4.65. The number of aromatic nitrogens is 1. The molecule has 0 aromatic carbocycles. The molecule has 0 saturated heterocycles. The fourth-order valence-corrected chi connectivity index (χ4v) is 3.22. The Morgan fingerprint density at radius 1 is 1.42 bits per heavy atom. The highest BCUT2D eigenvalue weighted by Crippen LogP contribution is 2.25. The van der Waals surface area contributed by atoms with Gasteiger partial charge in [0.15, 0.2) is 5.82 Å². The number of nitrogens with one attached hydrogen (secondary N) is 1. The summed E-state index contributed by atoms with van der Waals surface area (Å²) in [5, 5.41) is 0.161. The topological polar surface area (TPSA) is 88.3 Å². The van der Waals surface area contributed by atoms with Gasteiger partial charge in [-0.3, -0.25) is 0 Å². The van der Waals surface area contributed by atoms with Crippen molar-refractivity contribution < 1.29 is 8.42 Å². The van der Waals surface area contributed by atoms with Gasteiger partial charge in [0, 0.05) is 19.3 Å². The van der Waals surface area contributed by atoms with E-state index >= 15 is 0 Å². The number of sulfonamides is 1. The highest BCUT2D eigenvalue weighted by molar-refractivity contribution is 7.89. The normalized spacial score (nSPS) is 13.9. The number of hydrazine groups is 1. The third kappa shape index (κ3) is 3.36. The average Bonchev–Trinajstić information content (AvgIpc) is 2.36. The quantitative estimate of drug-likeness (QED) is 0.638. The third-order valence-corrected chi connectivity index (χ3v) is 5.37. The highest BCUT2D eigenvalue weighted by atomic mass is 35.5. The summed E-state index contributed by atoms with van der Waals surface area (Å²) >= 11 is 5.89. The summed E-state index contributed by atoms with van der Waals surface area (Å²) in [7, 11) is -2.07. The van der Waals surface area contributed by atoms with Crippen LogP contribution in [0.4, 0.5) is 5.82 Å². The van der Waals surface area contributed by atoms with Gasteiger partial charge in [0.25, 0.3) is 0 Å². The summed E-state index contributed by atoms with van der Waals surface area (Å²) in [6, 6.07) is 1.21. The van der Waals surface area contributed by atoms with Gasteiger partial charge in [0.1, 0.15) is 4.90 Å². The van der Waals surface area contributed by atoms with Crippen molar-refractivity contribution in [3.8, 4) is 0 Å². The molecule has 108 valence electrons. The van der Waals surface area contributed by atoms with E-state index in [4.69, 9.17) is 17.4 Å². The fraction of sp³-hybridized carbons (Fsp3) is 0.545. The summed E-state index contributed by atoms with van der Waals surface area (Å²) in [4.78, 5) is 3.92. The van der Waals surface area contributed by atoms with E-state index in [0.717, 1.165) is 0 Å². The summed E-state index contributed by atoms with van der Waals surface area (Å²) < 4.78 is 26.1. The van der Waals surface area contributed by atoms with Crippen LogP contribution in [0.1, 0.15) is 20.8 Å². The number of nitrogens with two attached hydrogens (primary N) is 1. The number of anilines is 1. The van der Waals surface area contributed by atoms with Crippen molar-refractivity contribution in [3.05, 3.63) is 17.3 Å². The molecule has 1 aromatic rings. The van der Waals surface area contributed by atoms with Gasteiger partial charge >= 0.3 is 0 Å². The molecule has 0 radical (unpaired) electrons. The van der Waals surface area contributed by atoms with Crippen molar-refractivity contribution in [2.24, 2.45) is 11.8 Å². The van der Waals surface area contributed by atoms with E-state index in [1.54, 1.807) is 7.05 Å². The molecule has 0 amide bonds. The molecule has 0 spiro atoms. The van der Waals surface area contributed by atoms with E-state index in [2.05, 4.69) is 10.4 Å². The molecule has 0 aliphatic carbocycles. The van der Waals surface area contributed by atoms with Gasteiger partial charge in [-0.1, -0.05) is 25.4 Å². The minimum absolute atomic E-state index is 0.0477. The number of halogens is 1. The van der Waals surface area contributed by atoms with Gasteiger partial charge in [0.05, 0.1) is 5.02 Å². The molecule has 1 aromatic heterocycles.